The Morgan fingerprint density at radius 1 is 1.33 bits per heavy atom. The highest BCUT2D eigenvalue weighted by Crippen LogP contribution is 2.24. The number of nitrogens with zero attached hydrogens (tertiary/aromatic N) is 1. The third-order valence-electron chi connectivity index (χ3n) is 3.50. The standard InChI is InChI=1S/C17H20ClFN2/c1-3-7-21-17(14-6-8-20-11-12(14)2)10-13-4-5-16(19)15(18)9-13/h4-6,8-9,11,17,21H,3,7,10H2,1-2H3. The van der Waals surface area contributed by atoms with Crippen molar-refractivity contribution in [3.8, 4) is 0 Å². The molecule has 4 heteroatoms. The molecule has 1 heterocycles. The summed E-state index contributed by atoms with van der Waals surface area (Å²) >= 11 is 5.87. The molecule has 0 radical (unpaired) electrons. The van der Waals surface area contributed by atoms with E-state index in [1.807, 2.05) is 12.3 Å². The number of hydrogen-bond donors (Lipinski definition) is 1. The molecule has 0 saturated carbocycles. The summed E-state index contributed by atoms with van der Waals surface area (Å²) in [7, 11) is 0. The molecule has 0 aliphatic carbocycles. The molecule has 0 saturated heterocycles. The lowest BCUT2D eigenvalue weighted by molar-refractivity contribution is 0.526. The summed E-state index contributed by atoms with van der Waals surface area (Å²) in [6, 6.07) is 7.13. The van der Waals surface area contributed by atoms with Crippen LogP contribution in [0.15, 0.2) is 36.7 Å². The molecule has 0 bridgehead atoms. The Kier molecular flexibility index (Phi) is 5.71. The van der Waals surface area contributed by atoms with E-state index in [-0.39, 0.29) is 16.9 Å². The van der Waals surface area contributed by atoms with Gasteiger partial charge in [-0.25, -0.2) is 4.39 Å². The Hall–Kier alpha value is -1.45. The molecule has 1 atom stereocenters. The van der Waals surface area contributed by atoms with Crippen LogP contribution in [0.3, 0.4) is 0 Å². The number of nitrogens with one attached hydrogen (secondary N) is 1. The van der Waals surface area contributed by atoms with Crippen LogP contribution in [0.1, 0.15) is 36.1 Å². The molecule has 1 aromatic carbocycles. The molecule has 0 aliphatic rings. The third-order valence-corrected chi connectivity index (χ3v) is 3.79. The van der Waals surface area contributed by atoms with Gasteiger partial charge < -0.3 is 5.32 Å². The predicted octanol–water partition coefficient (Wildman–Crippen LogP) is 4.47. The average molecular weight is 307 g/mol. The smallest absolute Gasteiger partial charge is 0.141 e. The van der Waals surface area contributed by atoms with E-state index in [4.69, 9.17) is 11.6 Å². The number of pyridine rings is 1. The van der Waals surface area contributed by atoms with Crippen molar-refractivity contribution < 1.29 is 4.39 Å². The number of aryl methyl sites for hydroxylation is 1. The van der Waals surface area contributed by atoms with E-state index in [9.17, 15) is 4.39 Å². The molecular weight excluding hydrogens is 287 g/mol. The molecule has 0 aliphatic heterocycles. The van der Waals surface area contributed by atoms with Crippen molar-refractivity contribution in [1.29, 1.82) is 0 Å². The number of halogens is 2. The first-order valence-electron chi connectivity index (χ1n) is 7.19. The van der Waals surface area contributed by atoms with E-state index >= 15 is 0 Å². The number of rotatable bonds is 6. The topological polar surface area (TPSA) is 24.9 Å². The Morgan fingerprint density at radius 3 is 2.81 bits per heavy atom. The third kappa shape index (κ3) is 4.26. The highest BCUT2D eigenvalue weighted by Gasteiger charge is 2.14. The van der Waals surface area contributed by atoms with E-state index in [1.165, 1.54) is 11.6 Å². The first kappa shape index (κ1) is 15.9. The summed E-state index contributed by atoms with van der Waals surface area (Å²) in [5, 5.41) is 3.72. The van der Waals surface area contributed by atoms with Gasteiger partial charge >= 0.3 is 0 Å². The molecular formula is C17H20ClFN2. The quantitative estimate of drug-likeness (QED) is 0.852. The van der Waals surface area contributed by atoms with Crippen LogP contribution in [-0.2, 0) is 6.42 Å². The van der Waals surface area contributed by atoms with Gasteiger partial charge in [0.2, 0.25) is 0 Å². The maximum absolute atomic E-state index is 13.3. The zero-order chi connectivity index (χ0) is 15.2. The molecule has 2 rings (SSSR count). The van der Waals surface area contributed by atoms with Crippen LogP contribution in [0.4, 0.5) is 4.39 Å². The van der Waals surface area contributed by atoms with Gasteiger partial charge in [-0.15, -0.1) is 0 Å². The van der Waals surface area contributed by atoms with Crippen LogP contribution in [0.2, 0.25) is 5.02 Å². The van der Waals surface area contributed by atoms with Gasteiger partial charge in [0.1, 0.15) is 5.82 Å². The number of aromatic nitrogens is 1. The van der Waals surface area contributed by atoms with Gasteiger partial charge in [0, 0.05) is 18.4 Å². The number of hydrogen-bond acceptors (Lipinski definition) is 2. The second-order valence-electron chi connectivity index (χ2n) is 5.19. The van der Waals surface area contributed by atoms with Crippen LogP contribution in [0.25, 0.3) is 0 Å². The van der Waals surface area contributed by atoms with Crippen molar-refractivity contribution in [2.24, 2.45) is 0 Å². The van der Waals surface area contributed by atoms with E-state index in [2.05, 4.69) is 24.1 Å². The van der Waals surface area contributed by atoms with Gasteiger partial charge in [0.25, 0.3) is 0 Å². The minimum absolute atomic E-state index is 0.174. The first-order chi connectivity index (χ1) is 10.1. The lowest BCUT2D eigenvalue weighted by Crippen LogP contribution is -2.25. The van der Waals surface area contributed by atoms with Crippen molar-refractivity contribution in [3.05, 3.63) is 64.2 Å². The van der Waals surface area contributed by atoms with Crippen LogP contribution in [0, 0.1) is 12.7 Å². The minimum Gasteiger partial charge on any atom is -0.310 e. The minimum atomic E-state index is -0.376. The van der Waals surface area contributed by atoms with Crippen LogP contribution >= 0.6 is 11.6 Å². The fourth-order valence-corrected chi connectivity index (χ4v) is 2.59. The summed E-state index contributed by atoms with van der Waals surface area (Å²) in [5.41, 5.74) is 3.39. The Bertz CT molecular complexity index is 601. The Morgan fingerprint density at radius 2 is 2.14 bits per heavy atom. The van der Waals surface area contributed by atoms with Gasteiger partial charge in [0.15, 0.2) is 0 Å². The van der Waals surface area contributed by atoms with Crippen LogP contribution in [0.5, 0.6) is 0 Å². The first-order valence-corrected chi connectivity index (χ1v) is 7.57. The summed E-state index contributed by atoms with van der Waals surface area (Å²) < 4.78 is 13.3. The molecule has 0 amide bonds. The average Bonchev–Trinajstić information content (AvgIpc) is 2.48. The Labute approximate surface area is 130 Å². The van der Waals surface area contributed by atoms with E-state index in [0.717, 1.165) is 30.5 Å². The summed E-state index contributed by atoms with van der Waals surface area (Å²) in [6.07, 6.45) is 5.50. The fourth-order valence-electron chi connectivity index (χ4n) is 2.39. The second-order valence-corrected chi connectivity index (χ2v) is 5.60. The molecule has 21 heavy (non-hydrogen) atoms. The molecule has 0 fully saturated rings. The molecule has 0 spiro atoms. The number of benzene rings is 1. The summed E-state index contributed by atoms with van der Waals surface area (Å²) in [4.78, 5) is 4.14. The molecule has 1 unspecified atom stereocenters. The zero-order valence-electron chi connectivity index (χ0n) is 12.4. The van der Waals surface area contributed by atoms with Gasteiger partial charge in [-0.1, -0.05) is 24.6 Å². The summed E-state index contributed by atoms with van der Waals surface area (Å²) in [5.74, 6) is -0.376. The van der Waals surface area contributed by atoms with Gasteiger partial charge in [-0.2, -0.15) is 0 Å². The van der Waals surface area contributed by atoms with E-state index in [1.54, 1.807) is 18.3 Å². The Balaban J connectivity index is 2.24. The predicted molar refractivity (Wildman–Crippen MR) is 85.1 cm³/mol. The molecule has 2 nitrogen and oxygen atoms in total. The highest BCUT2D eigenvalue weighted by molar-refractivity contribution is 6.30. The SMILES string of the molecule is CCCNC(Cc1ccc(F)c(Cl)c1)c1ccncc1C. The summed E-state index contributed by atoms with van der Waals surface area (Å²) in [6.45, 7) is 5.13. The fraction of sp³-hybridized carbons (Fsp3) is 0.353. The second kappa shape index (κ2) is 7.53. The monoisotopic (exact) mass is 306 g/mol. The lowest BCUT2D eigenvalue weighted by atomic mass is 9.96. The maximum Gasteiger partial charge on any atom is 0.141 e. The molecule has 2 aromatic rings. The van der Waals surface area contributed by atoms with Crippen molar-refractivity contribution in [2.45, 2.75) is 32.7 Å². The normalized spacial score (nSPS) is 12.4. The molecule has 1 N–H and O–H groups in total. The van der Waals surface area contributed by atoms with E-state index in [0.29, 0.717) is 0 Å². The molecule has 1 aromatic heterocycles. The van der Waals surface area contributed by atoms with Gasteiger partial charge in [0.05, 0.1) is 5.02 Å². The lowest BCUT2D eigenvalue weighted by Gasteiger charge is -2.21. The van der Waals surface area contributed by atoms with Crippen molar-refractivity contribution in [1.82, 2.24) is 10.3 Å². The van der Waals surface area contributed by atoms with E-state index < -0.39 is 0 Å². The van der Waals surface area contributed by atoms with Crippen LogP contribution < -0.4 is 5.32 Å². The zero-order valence-corrected chi connectivity index (χ0v) is 13.1. The molecule has 112 valence electrons. The largest absolute Gasteiger partial charge is 0.310 e. The maximum atomic E-state index is 13.3. The van der Waals surface area contributed by atoms with Gasteiger partial charge in [-0.05, 0) is 61.2 Å². The van der Waals surface area contributed by atoms with Crippen LogP contribution in [-0.4, -0.2) is 11.5 Å². The van der Waals surface area contributed by atoms with Gasteiger partial charge in [-0.3, -0.25) is 4.98 Å². The van der Waals surface area contributed by atoms with Crippen molar-refractivity contribution in [2.75, 3.05) is 6.54 Å². The van der Waals surface area contributed by atoms with Crippen molar-refractivity contribution >= 4 is 11.6 Å². The van der Waals surface area contributed by atoms with Crippen molar-refractivity contribution in [3.63, 3.8) is 0 Å². The highest BCUT2D eigenvalue weighted by atomic mass is 35.5.